The zero-order valence-corrected chi connectivity index (χ0v) is 19.0. The fraction of sp³-hybridized carbons (Fsp3) is 0.500. The summed E-state index contributed by atoms with van der Waals surface area (Å²) >= 11 is 0. The Kier molecular flexibility index (Phi) is 7.64. The first-order chi connectivity index (χ1) is 17.1. The summed E-state index contributed by atoms with van der Waals surface area (Å²) in [6.07, 6.45) is -13.6. The van der Waals surface area contributed by atoms with E-state index in [4.69, 9.17) is 14.6 Å². The predicted octanol–water partition coefficient (Wildman–Crippen LogP) is 3.85. The van der Waals surface area contributed by atoms with Crippen LogP contribution in [0.15, 0.2) is 23.0 Å². The number of carboxylic acids is 1. The summed E-state index contributed by atoms with van der Waals surface area (Å²) in [5.74, 6) is -4.09. The second-order valence-electron chi connectivity index (χ2n) is 7.92. The zero-order chi connectivity index (χ0) is 27.7. The molecular formula is C20H19F6N3O8. The van der Waals surface area contributed by atoms with Gasteiger partial charge in [-0.15, -0.1) is 18.2 Å². The first-order valence-electron chi connectivity index (χ1n) is 10.5. The van der Waals surface area contributed by atoms with Crippen LogP contribution in [0.1, 0.15) is 30.9 Å². The molecule has 1 saturated heterocycles. The molecule has 2 aliphatic heterocycles. The largest absolute Gasteiger partial charge is 0.573 e. The summed E-state index contributed by atoms with van der Waals surface area (Å²) in [6, 6.07) is 0.377. The number of aliphatic carboxylic acids is 1. The van der Waals surface area contributed by atoms with E-state index in [1.807, 2.05) is 0 Å². The van der Waals surface area contributed by atoms with E-state index >= 15 is 0 Å². The molecule has 37 heavy (non-hydrogen) atoms. The molecular weight excluding hydrogens is 524 g/mol. The highest BCUT2D eigenvalue weighted by Gasteiger charge is 2.49. The van der Waals surface area contributed by atoms with E-state index in [9.17, 15) is 41.1 Å². The number of esters is 1. The monoisotopic (exact) mass is 543 g/mol. The van der Waals surface area contributed by atoms with Gasteiger partial charge in [-0.25, -0.2) is 9.59 Å². The smallest absolute Gasteiger partial charge is 0.569 e. The number of carbonyl (C=O) groups is 2. The molecule has 1 aromatic carbocycles. The summed E-state index contributed by atoms with van der Waals surface area (Å²) in [7, 11) is 0. The van der Waals surface area contributed by atoms with Crippen LogP contribution < -0.4 is 9.47 Å². The van der Waals surface area contributed by atoms with Gasteiger partial charge in [0.1, 0.15) is 11.5 Å². The van der Waals surface area contributed by atoms with Gasteiger partial charge in [-0.2, -0.15) is 13.2 Å². The highest BCUT2D eigenvalue weighted by molar-refractivity contribution is 5.96. The molecule has 3 atom stereocenters. The Hall–Kier alpha value is -3.92. The van der Waals surface area contributed by atoms with Crippen LogP contribution in [0.2, 0.25) is 0 Å². The van der Waals surface area contributed by atoms with Gasteiger partial charge in [0.25, 0.3) is 6.29 Å². The molecule has 1 N–H and O–H groups in total. The number of hydrogen-bond acceptors (Lipinski definition) is 8. The number of fused-ring (bicyclic) bond motifs is 1. The molecule has 2 aliphatic rings. The lowest BCUT2D eigenvalue weighted by atomic mass is 9.99. The first kappa shape index (κ1) is 27.7. The number of aryl methyl sites for hydroxylation is 1. The number of hydrazine groups is 1. The lowest BCUT2D eigenvalue weighted by Crippen LogP contribution is -2.41. The third-order valence-corrected chi connectivity index (χ3v) is 5.14. The quantitative estimate of drug-likeness (QED) is 0.136. The molecule has 0 spiro atoms. The van der Waals surface area contributed by atoms with Crippen molar-refractivity contribution in [2.75, 3.05) is 6.54 Å². The maximum Gasteiger partial charge on any atom is 0.573 e. The van der Waals surface area contributed by atoms with Crippen molar-refractivity contribution in [3.63, 3.8) is 0 Å². The van der Waals surface area contributed by atoms with Crippen LogP contribution >= 0.6 is 0 Å². The second kappa shape index (κ2) is 10.2. The molecule has 3 rings (SSSR count). The van der Waals surface area contributed by atoms with Crippen LogP contribution in [0.3, 0.4) is 0 Å². The fourth-order valence-electron chi connectivity index (χ4n) is 3.66. The Morgan fingerprint density at radius 3 is 2.54 bits per heavy atom. The third-order valence-electron chi connectivity index (χ3n) is 5.14. The molecule has 2 heterocycles. The fourth-order valence-corrected chi connectivity index (χ4v) is 3.66. The van der Waals surface area contributed by atoms with Crippen molar-refractivity contribution in [2.45, 2.75) is 57.7 Å². The van der Waals surface area contributed by atoms with Crippen LogP contribution in [0.4, 0.5) is 26.3 Å². The van der Waals surface area contributed by atoms with Crippen LogP contribution in [0.5, 0.6) is 11.5 Å². The van der Waals surface area contributed by atoms with E-state index < -0.39 is 60.0 Å². The van der Waals surface area contributed by atoms with Crippen LogP contribution in [0.25, 0.3) is 6.08 Å². The van der Waals surface area contributed by atoms with Crippen molar-refractivity contribution in [3.8, 4) is 11.5 Å². The molecule has 1 fully saturated rings. The van der Waals surface area contributed by atoms with Gasteiger partial charge in [-0.05, 0) is 43.5 Å². The van der Waals surface area contributed by atoms with Crippen molar-refractivity contribution in [1.82, 2.24) is 5.01 Å². The standard InChI is InChI=1S/C20H19F6N3O8/c1-9-6-12(36-20(24,25)26)7-11-8-13(16(19(21,22)23)35-15(9)11)18(32)34-10(2)37-27-29(33)28-5-3-4-14(28)17(30)31/h6-8,10,14,16H,3-5H2,1-2H3,(H,30,31)/b29-27-/t10?,14-,16-/m0/s1. The molecule has 17 heteroatoms. The highest BCUT2D eigenvalue weighted by atomic mass is 19.4. The van der Waals surface area contributed by atoms with Crippen molar-refractivity contribution >= 4 is 18.0 Å². The van der Waals surface area contributed by atoms with Crippen molar-refractivity contribution in [1.29, 1.82) is 0 Å². The Bertz CT molecular complexity index is 1120. The number of alkyl halides is 6. The predicted molar refractivity (Wildman–Crippen MR) is 106 cm³/mol. The average molecular weight is 543 g/mol. The number of carbonyl (C=O) groups excluding carboxylic acids is 1. The van der Waals surface area contributed by atoms with Crippen LogP contribution in [-0.2, 0) is 19.2 Å². The normalized spacial score (nSPS) is 20.9. The molecule has 204 valence electrons. The van der Waals surface area contributed by atoms with E-state index in [2.05, 4.69) is 14.9 Å². The lowest BCUT2D eigenvalue weighted by molar-refractivity contribution is -0.714. The van der Waals surface area contributed by atoms with Gasteiger partial charge in [0, 0.05) is 12.5 Å². The van der Waals surface area contributed by atoms with Gasteiger partial charge in [0.05, 0.1) is 17.1 Å². The van der Waals surface area contributed by atoms with Crippen molar-refractivity contribution < 1.29 is 65.1 Å². The maximum atomic E-state index is 13.6. The summed E-state index contributed by atoms with van der Waals surface area (Å²) in [5, 5.41) is 25.0. The van der Waals surface area contributed by atoms with E-state index in [1.54, 1.807) is 0 Å². The summed E-state index contributed by atoms with van der Waals surface area (Å²) in [6.45, 7) is 2.24. The first-order valence-corrected chi connectivity index (χ1v) is 10.5. The highest BCUT2D eigenvalue weighted by Crippen LogP contribution is 2.41. The maximum absolute atomic E-state index is 13.6. The van der Waals surface area contributed by atoms with Gasteiger partial charge in [0.15, 0.2) is 6.04 Å². The zero-order valence-electron chi connectivity index (χ0n) is 19.0. The van der Waals surface area contributed by atoms with E-state index in [1.165, 1.54) is 6.92 Å². The van der Waals surface area contributed by atoms with Gasteiger partial charge in [-0.1, -0.05) is 0 Å². The molecule has 0 amide bonds. The number of carboxylic acid groups (broad SMARTS) is 1. The van der Waals surface area contributed by atoms with Crippen LogP contribution in [-0.4, -0.2) is 64.5 Å². The molecule has 0 saturated carbocycles. The molecule has 0 aromatic heterocycles. The van der Waals surface area contributed by atoms with E-state index in [0.29, 0.717) is 12.5 Å². The van der Waals surface area contributed by atoms with E-state index in [-0.39, 0.29) is 29.1 Å². The minimum absolute atomic E-state index is 0.0395. The number of ether oxygens (including phenoxy) is 3. The molecule has 0 aliphatic carbocycles. The summed E-state index contributed by atoms with van der Waals surface area (Å²) in [4.78, 5) is 28.2. The molecule has 0 radical (unpaired) electrons. The number of rotatable bonds is 7. The second-order valence-corrected chi connectivity index (χ2v) is 7.92. The number of hydrogen-bond donors (Lipinski definition) is 1. The van der Waals surface area contributed by atoms with Gasteiger partial charge in [0.2, 0.25) is 11.4 Å². The Balaban J connectivity index is 1.81. The summed E-state index contributed by atoms with van der Waals surface area (Å²) in [5.41, 5.74) is -1.56. The molecule has 1 aromatic rings. The number of nitrogens with zero attached hydrogens (tertiary/aromatic N) is 3. The van der Waals surface area contributed by atoms with Gasteiger partial charge >= 0.3 is 24.5 Å². The minimum Gasteiger partial charge on any atom is -0.569 e. The SMILES string of the molecule is Cc1cc(OC(F)(F)F)cc2c1O[C@H](C(F)(F)F)C(C(=O)OC(C)O/N=[N+](\[O-])N1CCC[C@H]1C(=O)O)=C2. The third kappa shape index (κ3) is 6.65. The Morgan fingerprint density at radius 2 is 1.95 bits per heavy atom. The van der Waals surface area contributed by atoms with Crippen molar-refractivity contribution in [3.05, 3.63) is 34.0 Å². The Labute approximate surface area is 203 Å². The van der Waals surface area contributed by atoms with Crippen LogP contribution in [0, 0.1) is 12.1 Å². The van der Waals surface area contributed by atoms with Gasteiger partial charge in [-0.3, -0.25) is 4.84 Å². The molecule has 0 bridgehead atoms. The molecule has 11 nitrogen and oxygen atoms in total. The van der Waals surface area contributed by atoms with Crippen molar-refractivity contribution in [2.24, 2.45) is 5.28 Å². The minimum atomic E-state index is -5.13. The molecule has 1 unspecified atom stereocenters. The van der Waals surface area contributed by atoms with E-state index in [0.717, 1.165) is 24.1 Å². The topological polar surface area (TPSA) is 133 Å². The van der Waals surface area contributed by atoms with Gasteiger partial charge < -0.3 is 24.5 Å². The number of halogens is 6. The summed E-state index contributed by atoms with van der Waals surface area (Å²) < 4.78 is 92.2. The number of benzene rings is 1. The lowest BCUT2D eigenvalue weighted by Gasteiger charge is -2.29. The average Bonchev–Trinajstić information content (AvgIpc) is 3.25. The Morgan fingerprint density at radius 1 is 1.27 bits per heavy atom.